The number of hydrogen-bond donors (Lipinski definition) is 1. The molecule has 5 heteroatoms. The fourth-order valence-corrected chi connectivity index (χ4v) is 3.98. The minimum atomic E-state index is 0.415. The molecule has 2 aromatic heterocycles. The van der Waals surface area contributed by atoms with Gasteiger partial charge in [-0.3, -0.25) is 4.90 Å². The van der Waals surface area contributed by atoms with Gasteiger partial charge in [0.2, 0.25) is 0 Å². The van der Waals surface area contributed by atoms with Gasteiger partial charge in [0.15, 0.2) is 0 Å². The topological polar surface area (TPSA) is 46.1 Å². The Bertz CT molecular complexity index is 889. The molecule has 3 aromatic rings. The molecule has 0 spiro atoms. The Hall–Kier alpha value is -2.11. The number of imidazole rings is 1. The highest BCUT2D eigenvalue weighted by Gasteiger charge is 2.21. The van der Waals surface area contributed by atoms with Crippen molar-refractivity contribution in [3.05, 3.63) is 41.9 Å². The number of H-pyrrole nitrogens is 1. The summed E-state index contributed by atoms with van der Waals surface area (Å²) in [4.78, 5) is 10.6. The summed E-state index contributed by atoms with van der Waals surface area (Å²) in [6.45, 7) is 11.4. The third-order valence-electron chi connectivity index (χ3n) is 5.57. The van der Waals surface area contributed by atoms with Crippen LogP contribution in [0, 0.1) is 13.8 Å². The fourth-order valence-electron chi connectivity index (χ4n) is 3.98. The van der Waals surface area contributed by atoms with E-state index in [1.807, 2.05) is 12.5 Å². The van der Waals surface area contributed by atoms with Crippen molar-refractivity contribution in [3.8, 4) is 11.4 Å². The van der Waals surface area contributed by atoms with Crippen LogP contribution in [0.25, 0.3) is 22.3 Å². The first-order chi connectivity index (χ1) is 12.7. The Kier molecular flexibility index (Phi) is 4.83. The summed E-state index contributed by atoms with van der Waals surface area (Å²) in [6, 6.07) is 7.01. The van der Waals surface area contributed by atoms with Crippen LogP contribution in [0.5, 0.6) is 0 Å². The van der Waals surface area contributed by atoms with E-state index in [-0.39, 0.29) is 0 Å². The highest BCUT2D eigenvalue weighted by Crippen LogP contribution is 2.32. The smallest absolute Gasteiger partial charge is 0.0954 e. The maximum absolute atomic E-state index is 5.49. The molecule has 1 saturated heterocycles. The number of ether oxygens (including phenoxy) is 1. The molecule has 1 fully saturated rings. The van der Waals surface area contributed by atoms with E-state index in [0.717, 1.165) is 39.3 Å². The quantitative estimate of drug-likeness (QED) is 0.757. The van der Waals surface area contributed by atoms with E-state index in [2.05, 4.69) is 58.4 Å². The van der Waals surface area contributed by atoms with Crippen LogP contribution in [0.15, 0.2) is 30.7 Å². The maximum atomic E-state index is 5.49. The van der Waals surface area contributed by atoms with Gasteiger partial charge in [-0.05, 0) is 38.0 Å². The second-order valence-electron chi connectivity index (χ2n) is 7.34. The molecule has 0 bridgehead atoms. The number of hydrogen-bond acceptors (Lipinski definition) is 3. The first-order valence-electron chi connectivity index (χ1n) is 9.58. The molecule has 138 valence electrons. The number of nitrogens with zero attached hydrogens (tertiary/aromatic N) is 3. The van der Waals surface area contributed by atoms with Crippen LogP contribution >= 0.6 is 0 Å². The average Bonchev–Trinajstić information content (AvgIpc) is 3.25. The minimum Gasteiger partial charge on any atom is -0.379 e. The van der Waals surface area contributed by atoms with Crippen molar-refractivity contribution in [2.75, 3.05) is 32.8 Å². The van der Waals surface area contributed by atoms with Crippen molar-refractivity contribution in [2.45, 2.75) is 33.2 Å². The van der Waals surface area contributed by atoms with Crippen molar-refractivity contribution in [1.29, 1.82) is 0 Å². The minimum absolute atomic E-state index is 0.415. The van der Waals surface area contributed by atoms with Crippen LogP contribution in [0.2, 0.25) is 0 Å². The third kappa shape index (κ3) is 3.17. The van der Waals surface area contributed by atoms with E-state index in [1.165, 1.54) is 33.4 Å². The highest BCUT2D eigenvalue weighted by atomic mass is 16.5. The fraction of sp³-hybridized carbons (Fsp3) is 0.476. The monoisotopic (exact) mass is 352 g/mol. The third-order valence-corrected chi connectivity index (χ3v) is 5.57. The van der Waals surface area contributed by atoms with Crippen molar-refractivity contribution in [1.82, 2.24) is 19.4 Å². The summed E-state index contributed by atoms with van der Waals surface area (Å²) in [5, 5.41) is 1.30. The van der Waals surface area contributed by atoms with E-state index < -0.39 is 0 Å². The predicted octanol–water partition coefficient (Wildman–Crippen LogP) is 3.93. The number of aromatic amines is 1. The number of nitrogens with one attached hydrogen (secondary N) is 1. The van der Waals surface area contributed by atoms with Gasteiger partial charge in [-0.1, -0.05) is 18.6 Å². The van der Waals surface area contributed by atoms with Crippen molar-refractivity contribution < 1.29 is 4.74 Å². The highest BCUT2D eigenvalue weighted by molar-refractivity contribution is 5.90. The van der Waals surface area contributed by atoms with Crippen LogP contribution in [-0.4, -0.2) is 52.3 Å². The van der Waals surface area contributed by atoms with Gasteiger partial charge in [-0.15, -0.1) is 0 Å². The van der Waals surface area contributed by atoms with E-state index in [9.17, 15) is 0 Å². The molecule has 1 N–H and O–H groups in total. The van der Waals surface area contributed by atoms with E-state index in [0.29, 0.717) is 6.04 Å². The zero-order valence-corrected chi connectivity index (χ0v) is 16.0. The molecule has 0 radical (unpaired) electrons. The van der Waals surface area contributed by atoms with E-state index in [4.69, 9.17) is 4.74 Å². The lowest BCUT2D eigenvalue weighted by Crippen LogP contribution is -2.39. The molecule has 1 aromatic carbocycles. The number of fused-ring (bicyclic) bond motifs is 1. The first-order valence-corrected chi connectivity index (χ1v) is 9.58. The van der Waals surface area contributed by atoms with Gasteiger partial charge in [-0.2, -0.15) is 0 Å². The molecule has 26 heavy (non-hydrogen) atoms. The van der Waals surface area contributed by atoms with Gasteiger partial charge in [0.05, 0.1) is 37.1 Å². The average molecular weight is 352 g/mol. The van der Waals surface area contributed by atoms with E-state index >= 15 is 0 Å². The molecule has 1 aliphatic rings. The van der Waals surface area contributed by atoms with Gasteiger partial charge < -0.3 is 14.3 Å². The van der Waals surface area contributed by atoms with Crippen molar-refractivity contribution >= 4 is 10.9 Å². The van der Waals surface area contributed by atoms with Gasteiger partial charge >= 0.3 is 0 Å². The first kappa shape index (κ1) is 17.3. The van der Waals surface area contributed by atoms with Gasteiger partial charge in [0.25, 0.3) is 0 Å². The van der Waals surface area contributed by atoms with Crippen molar-refractivity contribution in [3.63, 3.8) is 0 Å². The lowest BCUT2D eigenvalue weighted by atomic mass is 10.1. The Morgan fingerprint density at radius 3 is 2.81 bits per heavy atom. The summed E-state index contributed by atoms with van der Waals surface area (Å²) in [7, 11) is 0. The molecular formula is C21H28N4O. The second kappa shape index (κ2) is 7.25. The van der Waals surface area contributed by atoms with Crippen LogP contribution in [0.4, 0.5) is 0 Å². The number of rotatable bonds is 5. The molecule has 1 unspecified atom stereocenters. The molecule has 4 rings (SSSR count). The molecule has 0 aliphatic carbocycles. The van der Waals surface area contributed by atoms with Gasteiger partial charge in [-0.25, -0.2) is 4.98 Å². The molecule has 5 nitrogen and oxygen atoms in total. The molecular weight excluding hydrogens is 324 g/mol. The molecule has 3 heterocycles. The number of morpholine rings is 1. The van der Waals surface area contributed by atoms with Crippen molar-refractivity contribution in [2.24, 2.45) is 0 Å². The van der Waals surface area contributed by atoms with Crippen LogP contribution in [0.1, 0.15) is 30.5 Å². The van der Waals surface area contributed by atoms with Crippen LogP contribution in [-0.2, 0) is 4.74 Å². The van der Waals surface area contributed by atoms with Crippen LogP contribution in [0.3, 0.4) is 0 Å². The zero-order chi connectivity index (χ0) is 18.1. The summed E-state index contributed by atoms with van der Waals surface area (Å²) in [5.41, 5.74) is 6.14. The number of benzene rings is 1. The number of aryl methyl sites for hydroxylation is 2. The zero-order valence-electron chi connectivity index (χ0n) is 16.0. The predicted molar refractivity (Wildman–Crippen MR) is 106 cm³/mol. The van der Waals surface area contributed by atoms with E-state index in [1.54, 1.807) is 0 Å². The largest absolute Gasteiger partial charge is 0.379 e. The SMILES string of the molecule is CCC(CN1CCOCC1)n1cncc1-c1[nH]c2ccc(C)cc2c1C. The summed E-state index contributed by atoms with van der Waals surface area (Å²) in [5.74, 6) is 0. The lowest BCUT2D eigenvalue weighted by Gasteiger charge is -2.31. The molecule has 0 amide bonds. The summed E-state index contributed by atoms with van der Waals surface area (Å²) >= 11 is 0. The lowest BCUT2D eigenvalue weighted by molar-refractivity contribution is 0.0313. The summed E-state index contributed by atoms with van der Waals surface area (Å²) < 4.78 is 7.84. The number of aromatic nitrogens is 3. The Balaban J connectivity index is 1.68. The Morgan fingerprint density at radius 2 is 2.04 bits per heavy atom. The maximum Gasteiger partial charge on any atom is 0.0954 e. The van der Waals surface area contributed by atoms with Crippen LogP contribution < -0.4 is 0 Å². The Labute approximate surface area is 155 Å². The molecule has 1 atom stereocenters. The second-order valence-corrected chi connectivity index (χ2v) is 7.34. The molecule has 1 aliphatic heterocycles. The van der Waals surface area contributed by atoms with Gasteiger partial charge in [0.1, 0.15) is 0 Å². The Morgan fingerprint density at radius 1 is 1.23 bits per heavy atom. The standard InChI is InChI=1S/C21H28N4O/c1-4-17(13-24-7-9-26-10-8-24)25-14-22-12-20(25)21-16(3)18-11-15(2)5-6-19(18)23-21/h5-6,11-12,14,17,23H,4,7-10,13H2,1-3H3. The van der Waals surface area contributed by atoms with Gasteiger partial charge in [0, 0.05) is 36.6 Å². The summed E-state index contributed by atoms with van der Waals surface area (Å²) in [6.07, 6.45) is 5.06. The normalized spacial score (nSPS) is 17.0. The molecule has 0 saturated carbocycles.